The number of aliphatic hydroxyl groups is 1. The quantitative estimate of drug-likeness (QED) is 0.510. The van der Waals surface area contributed by atoms with Gasteiger partial charge in [-0.2, -0.15) is 0 Å². The Morgan fingerprint density at radius 1 is 1.56 bits per heavy atom. The summed E-state index contributed by atoms with van der Waals surface area (Å²) in [5, 5.41) is 20.3. The van der Waals surface area contributed by atoms with Crippen LogP contribution in [0, 0.1) is 0 Å². The van der Waals surface area contributed by atoms with Gasteiger partial charge in [0.2, 0.25) is 5.91 Å². The molecule has 0 unspecified atom stereocenters. The molecule has 0 aliphatic heterocycles. The molecule has 2 N–H and O–H groups in total. The second-order valence-corrected chi connectivity index (χ2v) is 1.53. The second-order valence-electron chi connectivity index (χ2n) is 1.53. The maximum Gasteiger partial charge on any atom is 0.222 e. The molecule has 0 aliphatic carbocycles. The highest BCUT2D eigenvalue weighted by atomic mass is 16.3. The highest BCUT2D eigenvalue weighted by Crippen LogP contribution is 1.73. The summed E-state index contributed by atoms with van der Waals surface area (Å²) in [6.45, 7) is -0.319. The minimum absolute atomic E-state index is 0.0833. The third kappa shape index (κ3) is 5.26. The SMILES string of the molecule is [O]CCNC(=O)CCO. The second kappa shape index (κ2) is 5.53. The summed E-state index contributed by atoms with van der Waals surface area (Å²) in [6.07, 6.45) is 0.0833. The Kier molecular flexibility index (Phi) is 5.15. The molecule has 0 saturated carbocycles. The molecule has 0 aromatic carbocycles. The minimum Gasteiger partial charge on any atom is -0.396 e. The molecule has 0 aromatic heterocycles. The van der Waals surface area contributed by atoms with Gasteiger partial charge in [-0.1, -0.05) is 0 Å². The molecule has 0 bridgehead atoms. The third-order valence-electron chi connectivity index (χ3n) is 0.763. The number of hydrogen-bond acceptors (Lipinski definition) is 2. The molecule has 4 heteroatoms. The fourth-order valence-corrected chi connectivity index (χ4v) is 0.380. The van der Waals surface area contributed by atoms with Crippen molar-refractivity contribution in [1.29, 1.82) is 0 Å². The van der Waals surface area contributed by atoms with Crippen LogP contribution in [-0.4, -0.2) is 30.8 Å². The average Bonchev–Trinajstić information content (AvgIpc) is 1.85. The van der Waals surface area contributed by atoms with E-state index in [0.29, 0.717) is 0 Å². The van der Waals surface area contributed by atoms with Crippen molar-refractivity contribution < 1.29 is 15.0 Å². The van der Waals surface area contributed by atoms with E-state index in [2.05, 4.69) is 5.32 Å². The lowest BCUT2D eigenvalue weighted by Crippen LogP contribution is -2.26. The number of amides is 1. The Morgan fingerprint density at radius 2 is 2.22 bits per heavy atom. The summed E-state index contributed by atoms with van der Waals surface area (Å²) in [6, 6.07) is 0. The first-order valence-electron chi connectivity index (χ1n) is 2.77. The van der Waals surface area contributed by atoms with E-state index in [-0.39, 0.29) is 32.1 Å². The van der Waals surface area contributed by atoms with Gasteiger partial charge in [0.15, 0.2) is 0 Å². The van der Waals surface area contributed by atoms with E-state index in [1.807, 2.05) is 0 Å². The molecule has 0 fully saturated rings. The Bertz CT molecular complexity index is 84.3. The Morgan fingerprint density at radius 3 is 2.67 bits per heavy atom. The van der Waals surface area contributed by atoms with Crippen LogP contribution in [0.5, 0.6) is 0 Å². The molecular weight excluding hydrogens is 122 g/mol. The number of carbonyl (C=O) groups excluding carboxylic acids is 1. The zero-order valence-corrected chi connectivity index (χ0v) is 5.09. The predicted molar refractivity (Wildman–Crippen MR) is 30.3 cm³/mol. The van der Waals surface area contributed by atoms with Crippen molar-refractivity contribution in [3.63, 3.8) is 0 Å². The van der Waals surface area contributed by atoms with E-state index >= 15 is 0 Å². The van der Waals surface area contributed by atoms with Gasteiger partial charge in [0, 0.05) is 13.0 Å². The van der Waals surface area contributed by atoms with Gasteiger partial charge in [-0.15, -0.1) is 0 Å². The normalized spacial score (nSPS) is 9.11. The van der Waals surface area contributed by atoms with Gasteiger partial charge in [-0.3, -0.25) is 4.79 Å². The van der Waals surface area contributed by atoms with Crippen molar-refractivity contribution in [2.24, 2.45) is 0 Å². The molecule has 1 amide bonds. The van der Waals surface area contributed by atoms with Gasteiger partial charge in [-0.25, -0.2) is 5.11 Å². The summed E-state index contributed by atoms with van der Waals surface area (Å²) >= 11 is 0. The third-order valence-corrected chi connectivity index (χ3v) is 0.763. The highest BCUT2D eigenvalue weighted by molar-refractivity contribution is 5.75. The fraction of sp³-hybridized carbons (Fsp3) is 0.800. The van der Waals surface area contributed by atoms with Crippen LogP contribution in [0.4, 0.5) is 0 Å². The lowest BCUT2D eigenvalue weighted by molar-refractivity contribution is -0.121. The maximum absolute atomic E-state index is 10.4. The van der Waals surface area contributed by atoms with E-state index in [1.165, 1.54) is 0 Å². The van der Waals surface area contributed by atoms with E-state index in [4.69, 9.17) is 5.11 Å². The predicted octanol–water partition coefficient (Wildman–Crippen LogP) is -1.08. The molecule has 4 nitrogen and oxygen atoms in total. The van der Waals surface area contributed by atoms with E-state index in [9.17, 15) is 9.90 Å². The fourth-order valence-electron chi connectivity index (χ4n) is 0.380. The molecule has 53 valence electrons. The van der Waals surface area contributed by atoms with Crippen molar-refractivity contribution in [3.05, 3.63) is 0 Å². The van der Waals surface area contributed by atoms with Crippen LogP contribution in [0.2, 0.25) is 0 Å². The van der Waals surface area contributed by atoms with Crippen LogP contribution in [0.25, 0.3) is 0 Å². The maximum atomic E-state index is 10.4. The van der Waals surface area contributed by atoms with Crippen LogP contribution >= 0.6 is 0 Å². The first kappa shape index (κ1) is 8.39. The molecule has 0 saturated heterocycles. The zero-order valence-electron chi connectivity index (χ0n) is 5.09. The topological polar surface area (TPSA) is 69.2 Å². The first-order chi connectivity index (χ1) is 4.31. The summed E-state index contributed by atoms with van der Waals surface area (Å²) < 4.78 is 0. The molecule has 0 heterocycles. The number of hydrogen-bond donors (Lipinski definition) is 2. The standard InChI is InChI=1S/C5H10NO3/c7-3-1-5(9)6-2-4-8/h7H,1-4H2,(H,6,9). The number of rotatable bonds is 4. The monoisotopic (exact) mass is 132 g/mol. The summed E-state index contributed by atoms with van der Waals surface area (Å²) in [7, 11) is 0. The summed E-state index contributed by atoms with van der Waals surface area (Å²) in [4.78, 5) is 10.4. The van der Waals surface area contributed by atoms with E-state index < -0.39 is 0 Å². The highest BCUT2D eigenvalue weighted by Gasteiger charge is 1.95. The van der Waals surface area contributed by atoms with Gasteiger partial charge in [-0.05, 0) is 0 Å². The number of aliphatic hydroxyl groups excluding tert-OH is 1. The molecule has 9 heavy (non-hydrogen) atoms. The largest absolute Gasteiger partial charge is 0.396 e. The van der Waals surface area contributed by atoms with Crippen LogP contribution < -0.4 is 5.32 Å². The van der Waals surface area contributed by atoms with Gasteiger partial charge in [0.25, 0.3) is 0 Å². The van der Waals surface area contributed by atoms with Crippen molar-refractivity contribution >= 4 is 5.91 Å². The van der Waals surface area contributed by atoms with Crippen molar-refractivity contribution in [2.75, 3.05) is 19.8 Å². The van der Waals surface area contributed by atoms with Crippen molar-refractivity contribution in [3.8, 4) is 0 Å². The minimum atomic E-state index is -0.308. The number of carbonyl (C=O) groups is 1. The number of nitrogens with one attached hydrogen (secondary N) is 1. The van der Waals surface area contributed by atoms with Crippen LogP contribution in [0.3, 0.4) is 0 Å². The Hall–Kier alpha value is -0.610. The zero-order chi connectivity index (χ0) is 7.11. The molecule has 0 atom stereocenters. The Labute approximate surface area is 53.5 Å². The van der Waals surface area contributed by atoms with Gasteiger partial charge >= 0.3 is 0 Å². The smallest absolute Gasteiger partial charge is 0.222 e. The lowest BCUT2D eigenvalue weighted by Gasteiger charge is -1.97. The van der Waals surface area contributed by atoms with Crippen molar-refractivity contribution in [1.82, 2.24) is 5.32 Å². The average molecular weight is 132 g/mol. The van der Waals surface area contributed by atoms with Gasteiger partial charge < -0.3 is 10.4 Å². The molecule has 1 radical (unpaired) electrons. The molecule has 0 aliphatic rings. The van der Waals surface area contributed by atoms with Crippen LogP contribution in [0.1, 0.15) is 6.42 Å². The summed E-state index contributed by atoms with van der Waals surface area (Å²) in [5.74, 6) is -0.270. The molecular formula is C5H10NO3. The van der Waals surface area contributed by atoms with Crippen LogP contribution in [-0.2, 0) is 9.90 Å². The first-order valence-corrected chi connectivity index (χ1v) is 2.77. The molecule has 0 rings (SSSR count). The van der Waals surface area contributed by atoms with E-state index in [1.54, 1.807) is 0 Å². The van der Waals surface area contributed by atoms with Crippen LogP contribution in [0.15, 0.2) is 0 Å². The molecule has 0 aromatic rings. The van der Waals surface area contributed by atoms with Crippen molar-refractivity contribution in [2.45, 2.75) is 6.42 Å². The molecule has 0 spiro atoms. The summed E-state index contributed by atoms with van der Waals surface area (Å²) in [5.41, 5.74) is 0. The van der Waals surface area contributed by atoms with Gasteiger partial charge in [0.1, 0.15) is 0 Å². The lowest BCUT2D eigenvalue weighted by atomic mass is 10.4. The van der Waals surface area contributed by atoms with Gasteiger partial charge in [0.05, 0.1) is 13.2 Å². The van der Waals surface area contributed by atoms with E-state index in [0.717, 1.165) is 0 Å². The Balaban J connectivity index is 3.06.